The largest absolute Gasteiger partial charge is 0.437 e. The minimum absolute atomic E-state index is 0. The Morgan fingerprint density at radius 3 is 3.00 bits per heavy atom. The summed E-state index contributed by atoms with van der Waals surface area (Å²) in [4.78, 5) is 20.2. The van der Waals surface area contributed by atoms with Crippen molar-refractivity contribution in [1.82, 2.24) is 15.3 Å². The summed E-state index contributed by atoms with van der Waals surface area (Å²) in [5.41, 5.74) is 0.719. The third-order valence-electron chi connectivity index (χ3n) is 3.53. The number of carbonyl (C=O) groups is 1. The molecule has 0 radical (unpaired) electrons. The molecule has 1 unspecified atom stereocenters. The molecule has 1 aliphatic heterocycles. The number of anilines is 1. The fraction of sp³-hybridized carbons (Fsp3) is 0.312. The monoisotopic (exact) mass is 334 g/mol. The van der Waals surface area contributed by atoms with Crippen LogP contribution in [0.1, 0.15) is 12.8 Å². The molecule has 23 heavy (non-hydrogen) atoms. The van der Waals surface area contributed by atoms with Gasteiger partial charge in [0.05, 0.1) is 12.1 Å². The molecule has 2 N–H and O–H groups in total. The summed E-state index contributed by atoms with van der Waals surface area (Å²) >= 11 is 0. The van der Waals surface area contributed by atoms with Crippen LogP contribution in [0, 0.1) is 5.92 Å². The number of amides is 1. The lowest BCUT2D eigenvalue weighted by Gasteiger charge is -2.22. The molecule has 122 valence electrons. The van der Waals surface area contributed by atoms with Crippen LogP contribution >= 0.6 is 12.4 Å². The van der Waals surface area contributed by atoms with Gasteiger partial charge in [-0.3, -0.25) is 9.78 Å². The van der Waals surface area contributed by atoms with Crippen molar-refractivity contribution in [1.29, 1.82) is 0 Å². The maximum atomic E-state index is 12.2. The number of benzene rings is 1. The zero-order valence-corrected chi connectivity index (χ0v) is 13.4. The van der Waals surface area contributed by atoms with E-state index in [0.717, 1.165) is 31.6 Å². The number of hydrogen-bond acceptors (Lipinski definition) is 5. The van der Waals surface area contributed by atoms with Gasteiger partial charge >= 0.3 is 0 Å². The van der Waals surface area contributed by atoms with E-state index >= 15 is 0 Å². The number of ether oxygens (including phenoxy) is 1. The Morgan fingerprint density at radius 2 is 2.26 bits per heavy atom. The summed E-state index contributed by atoms with van der Waals surface area (Å²) in [6.45, 7) is 1.73. The highest BCUT2D eigenvalue weighted by Crippen LogP contribution is 2.23. The van der Waals surface area contributed by atoms with Crippen molar-refractivity contribution in [3.8, 4) is 11.6 Å². The van der Waals surface area contributed by atoms with Gasteiger partial charge in [0.25, 0.3) is 0 Å². The second kappa shape index (κ2) is 8.45. The Balaban J connectivity index is 0.00000192. The molecule has 2 heterocycles. The lowest BCUT2D eigenvalue weighted by Crippen LogP contribution is -2.37. The summed E-state index contributed by atoms with van der Waals surface area (Å²) < 4.78 is 5.61. The van der Waals surface area contributed by atoms with Crippen LogP contribution in [0.5, 0.6) is 11.6 Å². The van der Waals surface area contributed by atoms with Crippen molar-refractivity contribution in [2.75, 3.05) is 18.4 Å². The topological polar surface area (TPSA) is 76.1 Å². The van der Waals surface area contributed by atoms with E-state index in [1.165, 1.54) is 0 Å². The molecule has 1 saturated heterocycles. The highest BCUT2D eigenvalue weighted by molar-refractivity contribution is 5.92. The van der Waals surface area contributed by atoms with Crippen LogP contribution in [0.3, 0.4) is 0 Å². The number of hydrogen-bond donors (Lipinski definition) is 2. The number of rotatable bonds is 4. The smallest absolute Gasteiger partial charge is 0.237 e. The lowest BCUT2D eigenvalue weighted by molar-refractivity contribution is -0.120. The van der Waals surface area contributed by atoms with Gasteiger partial charge in [-0.05, 0) is 31.5 Å². The van der Waals surface area contributed by atoms with E-state index in [4.69, 9.17) is 4.74 Å². The van der Waals surface area contributed by atoms with Gasteiger partial charge in [0, 0.05) is 30.7 Å². The number of carbonyl (C=O) groups excluding carboxylic acids is 1. The standard InChI is InChI=1S/C16H18N4O2.ClH/c21-16(12-3-2-6-17-10-12)20-13-4-1-5-14(9-13)22-15-11-18-7-8-19-15;/h1,4-5,7-9,11-12,17H,2-3,6,10H2,(H,20,21);1H. The summed E-state index contributed by atoms with van der Waals surface area (Å²) in [7, 11) is 0. The zero-order valence-electron chi connectivity index (χ0n) is 12.6. The Hall–Kier alpha value is -2.18. The SMILES string of the molecule is Cl.O=C(Nc1cccc(Oc2cnccn2)c1)C1CCCNC1. The average molecular weight is 335 g/mol. The number of aromatic nitrogens is 2. The zero-order chi connectivity index (χ0) is 15.2. The second-order valence-electron chi connectivity index (χ2n) is 5.21. The first kappa shape index (κ1) is 17.2. The van der Waals surface area contributed by atoms with E-state index in [1.807, 2.05) is 18.2 Å². The molecule has 3 rings (SSSR count). The summed E-state index contributed by atoms with van der Waals surface area (Å²) in [6.07, 6.45) is 6.65. The first-order valence-electron chi connectivity index (χ1n) is 7.37. The normalized spacial score (nSPS) is 17.0. The maximum absolute atomic E-state index is 12.2. The summed E-state index contributed by atoms with van der Waals surface area (Å²) in [5, 5.41) is 6.19. The molecule has 0 aliphatic carbocycles. The van der Waals surface area contributed by atoms with Crippen LogP contribution < -0.4 is 15.4 Å². The molecule has 1 aromatic carbocycles. The fourth-order valence-corrected chi connectivity index (χ4v) is 2.42. The predicted molar refractivity (Wildman–Crippen MR) is 90.0 cm³/mol. The minimum atomic E-state index is 0. The lowest BCUT2D eigenvalue weighted by atomic mass is 9.99. The molecule has 1 aromatic heterocycles. The summed E-state index contributed by atoms with van der Waals surface area (Å²) in [6, 6.07) is 7.27. The number of nitrogens with zero attached hydrogens (tertiary/aromatic N) is 2. The van der Waals surface area contributed by atoms with Crippen LogP contribution in [-0.2, 0) is 4.79 Å². The number of piperidine rings is 1. The van der Waals surface area contributed by atoms with Gasteiger partial charge in [-0.1, -0.05) is 6.07 Å². The maximum Gasteiger partial charge on any atom is 0.237 e. The molecule has 0 spiro atoms. The van der Waals surface area contributed by atoms with Crippen LogP contribution in [0.15, 0.2) is 42.9 Å². The van der Waals surface area contributed by atoms with Gasteiger partial charge in [-0.15, -0.1) is 12.4 Å². The van der Waals surface area contributed by atoms with Gasteiger partial charge in [-0.25, -0.2) is 4.98 Å². The van der Waals surface area contributed by atoms with Crippen LogP contribution in [-0.4, -0.2) is 29.0 Å². The Morgan fingerprint density at radius 1 is 1.35 bits per heavy atom. The van der Waals surface area contributed by atoms with E-state index in [-0.39, 0.29) is 24.2 Å². The van der Waals surface area contributed by atoms with Crippen molar-refractivity contribution < 1.29 is 9.53 Å². The van der Waals surface area contributed by atoms with E-state index in [0.29, 0.717) is 11.6 Å². The molecule has 0 bridgehead atoms. The molecule has 2 aromatic rings. The van der Waals surface area contributed by atoms with Gasteiger partial charge in [0.2, 0.25) is 11.8 Å². The van der Waals surface area contributed by atoms with Crippen molar-refractivity contribution in [3.05, 3.63) is 42.9 Å². The molecular formula is C16H19ClN4O2. The van der Waals surface area contributed by atoms with E-state index in [1.54, 1.807) is 24.7 Å². The average Bonchev–Trinajstić information content (AvgIpc) is 2.57. The highest BCUT2D eigenvalue weighted by atomic mass is 35.5. The predicted octanol–water partition coefficient (Wildman–Crippen LogP) is 2.63. The first-order valence-corrected chi connectivity index (χ1v) is 7.37. The van der Waals surface area contributed by atoms with Gasteiger partial charge < -0.3 is 15.4 Å². The molecular weight excluding hydrogens is 316 g/mol. The molecule has 7 heteroatoms. The summed E-state index contributed by atoms with van der Waals surface area (Å²) in [5.74, 6) is 1.10. The third-order valence-corrected chi connectivity index (χ3v) is 3.53. The van der Waals surface area contributed by atoms with Crippen molar-refractivity contribution in [3.63, 3.8) is 0 Å². The molecule has 1 aliphatic rings. The van der Waals surface area contributed by atoms with E-state index in [2.05, 4.69) is 20.6 Å². The van der Waals surface area contributed by atoms with Gasteiger partial charge in [0.1, 0.15) is 5.75 Å². The Kier molecular flexibility index (Phi) is 6.31. The minimum Gasteiger partial charge on any atom is -0.437 e. The van der Waals surface area contributed by atoms with Crippen LogP contribution in [0.2, 0.25) is 0 Å². The van der Waals surface area contributed by atoms with E-state index < -0.39 is 0 Å². The third kappa shape index (κ3) is 4.91. The van der Waals surface area contributed by atoms with Crippen molar-refractivity contribution in [2.24, 2.45) is 5.92 Å². The van der Waals surface area contributed by atoms with Gasteiger partial charge in [-0.2, -0.15) is 0 Å². The molecule has 1 amide bonds. The number of nitrogens with one attached hydrogen (secondary N) is 2. The molecule has 1 atom stereocenters. The van der Waals surface area contributed by atoms with Crippen molar-refractivity contribution >= 4 is 24.0 Å². The fourth-order valence-electron chi connectivity index (χ4n) is 2.42. The Bertz CT molecular complexity index is 633. The second-order valence-corrected chi connectivity index (χ2v) is 5.21. The first-order chi connectivity index (χ1) is 10.8. The quantitative estimate of drug-likeness (QED) is 0.899. The van der Waals surface area contributed by atoms with Gasteiger partial charge in [0.15, 0.2) is 0 Å². The highest BCUT2D eigenvalue weighted by Gasteiger charge is 2.20. The molecule has 0 saturated carbocycles. The Labute approximate surface area is 141 Å². The van der Waals surface area contributed by atoms with E-state index in [9.17, 15) is 4.79 Å². The van der Waals surface area contributed by atoms with Crippen molar-refractivity contribution in [2.45, 2.75) is 12.8 Å². The molecule has 1 fully saturated rings. The molecule has 6 nitrogen and oxygen atoms in total. The van der Waals surface area contributed by atoms with Crippen LogP contribution in [0.25, 0.3) is 0 Å². The van der Waals surface area contributed by atoms with Crippen LogP contribution in [0.4, 0.5) is 5.69 Å². The number of halogens is 1.